The Morgan fingerprint density at radius 1 is 1.10 bits per heavy atom. The lowest BCUT2D eigenvalue weighted by atomic mass is 10.3. The predicted molar refractivity (Wildman–Crippen MR) is 73.1 cm³/mol. The summed E-state index contributed by atoms with van der Waals surface area (Å²) in [5.74, 6) is -0.541. The molecule has 0 unspecified atom stereocenters. The number of hydrogen-bond acceptors (Lipinski definition) is 4. The van der Waals surface area contributed by atoms with Gasteiger partial charge < -0.3 is 10.2 Å². The first-order chi connectivity index (χ1) is 9.74. The monoisotopic (exact) mass is 276 g/mol. The van der Waals surface area contributed by atoms with Crippen molar-refractivity contribution in [2.75, 3.05) is 23.3 Å². The number of nitrogens with one attached hydrogen (secondary N) is 1. The van der Waals surface area contributed by atoms with E-state index < -0.39 is 11.6 Å². The number of halogens is 2. The van der Waals surface area contributed by atoms with Crippen LogP contribution in [0.25, 0.3) is 0 Å². The molecule has 1 aromatic carbocycles. The van der Waals surface area contributed by atoms with Crippen LogP contribution in [0.4, 0.5) is 26.1 Å². The van der Waals surface area contributed by atoms with Crippen LogP contribution in [-0.4, -0.2) is 23.1 Å². The Bertz CT molecular complexity index is 612. The molecule has 1 aromatic heterocycles. The van der Waals surface area contributed by atoms with Crippen LogP contribution >= 0.6 is 0 Å². The van der Waals surface area contributed by atoms with Gasteiger partial charge >= 0.3 is 0 Å². The van der Waals surface area contributed by atoms with Crippen molar-refractivity contribution in [1.82, 2.24) is 9.97 Å². The van der Waals surface area contributed by atoms with Crippen LogP contribution in [0.5, 0.6) is 0 Å². The van der Waals surface area contributed by atoms with Gasteiger partial charge in [0.2, 0.25) is 0 Å². The van der Waals surface area contributed by atoms with E-state index in [4.69, 9.17) is 0 Å². The third-order valence-electron chi connectivity index (χ3n) is 3.30. The summed E-state index contributed by atoms with van der Waals surface area (Å²) in [6, 6.07) is 5.74. The molecule has 4 nitrogen and oxygen atoms in total. The summed E-state index contributed by atoms with van der Waals surface area (Å²) in [4.78, 5) is 10.4. The number of aromatic nitrogens is 2. The molecule has 1 fully saturated rings. The third-order valence-corrected chi connectivity index (χ3v) is 3.30. The van der Waals surface area contributed by atoms with Crippen LogP contribution in [0.3, 0.4) is 0 Å². The van der Waals surface area contributed by atoms with E-state index in [1.165, 1.54) is 18.5 Å². The summed E-state index contributed by atoms with van der Waals surface area (Å²) in [6.45, 7) is 1.93. The minimum Gasteiger partial charge on any atom is -0.356 e. The molecule has 0 amide bonds. The fourth-order valence-corrected chi connectivity index (χ4v) is 2.27. The van der Waals surface area contributed by atoms with Gasteiger partial charge in [-0.05, 0) is 25.0 Å². The van der Waals surface area contributed by atoms with Gasteiger partial charge in [0.25, 0.3) is 0 Å². The maximum Gasteiger partial charge on any atom is 0.182 e. The van der Waals surface area contributed by atoms with E-state index in [-0.39, 0.29) is 5.69 Å². The van der Waals surface area contributed by atoms with Crippen molar-refractivity contribution in [1.29, 1.82) is 0 Å². The molecular formula is C14H14F2N4. The van der Waals surface area contributed by atoms with Gasteiger partial charge in [-0.2, -0.15) is 0 Å². The van der Waals surface area contributed by atoms with Gasteiger partial charge in [0.1, 0.15) is 18.0 Å². The quantitative estimate of drug-likeness (QED) is 0.935. The molecule has 1 N–H and O–H groups in total. The van der Waals surface area contributed by atoms with E-state index in [0.29, 0.717) is 5.82 Å². The molecule has 2 heterocycles. The van der Waals surface area contributed by atoms with Crippen molar-refractivity contribution in [3.63, 3.8) is 0 Å². The minimum atomic E-state index is -0.908. The van der Waals surface area contributed by atoms with E-state index in [9.17, 15) is 8.78 Å². The second kappa shape index (κ2) is 5.40. The Kier molecular flexibility index (Phi) is 3.45. The number of anilines is 3. The molecule has 1 saturated heterocycles. The summed E-state index contributed by atoms with van der Waals surface area (Å²) in [5.41, 5.74) is 0.0658. The first kappa shape index (κ1) is 12.8. The van der Waals surface area contributed by atoms with Crippen molar-refractivity contribution in [2.24, 2.45) is 0 Å². The van der Waals surface area contributed by atoms with Gasteiger partial charge in [0.15, 0.2) is 11.6 Å². The maximum absolute atomic E-state index is 13.6. The van der Waals surface area contributed by atoms with E-state index in [0.717, 1.165) is 37.8 Å². The second-order valence-corrected chi connectivity index (χ2v) is 4.68. The Hall–Kier alpha value is -2.24. The summed E-state index contributed by atoms with van der Waals surface area (Å²) in [5, 5.41) is 2.78. The number of rotatable bonds is 3. The molecule has 3 rings (SSSR count). The molecule has 2 aromatic rings. The predicted octanol–water partition coefficient (Wildman–Crippen LogP) is 3.10. The number of benzene rings is 1. The standard InChI is InChI=1S/C14H14F2N4/c15-10-4-3-5-11(14(10)16)19-12-8-13(18-9-17-12)20-6-1-2-7-20/h3-5,8-9H,1-2,6-7H2,(H,17,18,19). The van der Waals surface area contributed by atoms with Crippen molar-refractivity contribution >= 4 is 17.3 Å². The highest BCUT2D eigenvalue weighted by Gasteiger charge is 2.14. The summed E-state index contributed by atoms with van der Waals surface area (Å²) in [6.07, 6.45) is 3.71. The molecule has 0 atom stereocenters. The van der Waals surface area contributed by atoms with Crippen LogP contribution in [0.2, 0.25) is 0 Å². The lowest BCUT2D eigenvalue weighted by Crippen LogP contribution is -2.19. The highest BCUT2D eigenvalue weighted by Crippen LogP contribution is 2.23. The summed E-state index contributed by atoms with van der Waals surface area (Å²) < 4.78 is 26.7. The smallest absolute Gasteiger partial charge is 0.182 e. The topological polar surface area (TPSA) is 41.0 Å². The zero-order valence-electron chi connectivity index (χ0n) is 10.8. The highest BCUT2D eigenvalue weighted by atomic mass is 19.2. The Morgan fingerprint density at radius 3 is 2.70 bits per heavy atom. The zero-order chi connectivity index (χ0) is 13.9. The summed E-state index contributed by atoms with van der Waals surface area (Å²) in [7, 11) is 0. The normalized spacial score (nSPS) is 14.6. The van der Waals surface area contributed by atoms with Crippen LogP contribution in [0.1, 0.15) is 12.8 Å². The SMILES string of the molecule is Fc1cccc(Nc2cc(N3CCCC3)ncn2)c1F. The van der Waals surface area contributed by atoms with Crippen molar-refractivity contribution < 1.29 is 8.78 Å². The van der Waals surface area contributed by atoms with Crippen LogP contribution in [-0.2, 0) is 0 Å². The Labute approximate surface area is 115 Å². The minimum absolute atomic E-state index is 0.0658. The fourth-order valence-electron chi connectivity index (χ4n) is 2.27. The molecule has 0 saturated carbocycles. The van der Waals surface area contributed by atoms with E-state index in [1.54, 1.807) is 6.07 Å². The molecule has 0 bridgehead atoms. The van der Waals surface area contributed by atoms with Gasteiger partial charge in [0, 0.05) is 19.2 Å². The number of nitrogens with zero attached hydrogens (tertiary/aromatic N) is 3. The molecule has 20 heavy (non-hydrogen) atoms. The van der Waals surface area contributed by atoms with Crippen LogP contribution in [0, 0.1) is 11.6 Å². The molecule has 0 aliphatic carbocycles. The zero-order valence-corrected chi connectivity index (χ0v) is 10.8. The maximum atomic E-state index is 13.6. The molecule has 1 aliphatic heterocycles. The number of hydrogen-bond donors (Lipinski definition) is 1. The van der Waals surface area contributed by atoms with Crippen LogP contribution in [0.15, 0.2) is 30.6 Å². The lowest BCUT2D eigenvalue weighted by Gasteiger charge is -2.16. The van der Waals surface area contributed by atoms with E-state index in [1.807, 2.05) is 0 Å². The van der Waals surface area contributed by atoms with Crippen molar-refractivity contribution in [2.45, 2.75) is 12.8 Å². The average Bonchev–Trinajstić information content (AvgIpc) is 2.98. The summed E-state index contributed by atoms with van der Waals surface area (Å²) >= 11 is 0. The van der Waals surface area contributed by atoms with E-state index in [2.05, 4.69) is 20.2 Å². The fraction of sp³-hybridized carbons (Fsp3) is 0.286. The molecule has 0 spiro atoms. The lowest BCUT2D eigenvalue weighted by molar-refractivity contribution is 0.511. The van der Waals surface area contributed by atoms with Gasteiger partial charge in [-0.3, -0.25) is 0 Å². The van der Waals surface area contributed by atoms with Crippen molar-refractivity contribution in [3.8, 4) is 0 Å². The average molecular weight is 276 g/mol. The van der Waals surface area contributed by atoms with Crippen LogP contribution < -0.4 is 10.2 Å². The third kappa shape index (κ3) is 2.54. The molecule has 1 aliphatic rings. The Balaban J connectivity index is 1.83. The Morgan fingerprint density at radius 2 is 1.90 bits per heavy atom. The van der Waals surface area contributed by atoms with Gasteiger partial charge in [0.05, 0.1) is 5.69 Å². The first-order valence-corrected chi connectivity index (χ1v) is 6.52. The molecular weight excluding hydrogens is 262 g/mol. The second-order valence-electron chi connectivity index (χ2n) is 4.68. The van der Waals surface area contributed by atoms with Crippen molar-refractivity contribution in [3.05, 3.63) is 42.2 Å². The molecule has 0 radical (unpaired) electrons. The first-order valence-electron chi connectivity index (χ1n) is 6.52. The van der Waals surface area contributed by atoms with Gasteiger partial charge in [-0.1, -0.05) is 6.07 Å². The van der Waals surface area contributed by atoms with Gasteiger partial charge in [-0.15, -0.1) is 0 Å². The van der Waals surface area contributed by atoms with Gasteiger partial charge in [-0.25, -0.2) is 18.7 Å². The highest BCUT2D eigenvalue weighted by molar-refractivity contribution is 5.60. The molecule has 104 valence electrons. The largest absolute Gasteiger partial charge is 0.356 e. The van der Waals surface area contributed by atoms with E-state index >= 15 is 0 Å². The molecule has 6 heteroatoms.